The predicted molar refractivity (Wildman–Crippen MR) is 83.9 cm³/mol. The lowest BCUT2D eigenvalue weighted by atomic mass is 9.70. The van der Waals surface area contributed by atoms with E-state index >= 15 is 0 Å². The Kier molecular flexibility index (Phi) is 4.89. The van der Waals surface area contributed by atoms with Crippen LogP contribution in [0.15, 0.2) is 18.2 Å². The highest BCUT2D eigenvalue weighted by molar-refractivity contribution is 5.35. The largest absolute Gasteiger partial charge is 0.494 e. The lowest BCUT2D eigenvalue weighted by molar-refractivity contribution is 0.0552. The summed E-state index contributed by atoms with van der Waals surface area (Å²) in [5, 5.41) is 0. The van der Waals surface area contributed by atoms with E-state index in [1.54, 1.807) is 12.1 Å². The molecule has 1 fully saturated rings. The molecule has 4 heteroatoms. The van der Waals surface area contributed by atoms with Gasteiger partial charge in [-0.2, -0.15) is 0 Å². The molecule has 2 N–H and O–H groups in total. The molecule has 0 bridgehead atoms. The Bertz CT molecular complexity index is 482. The van der Waals surface area contributed by atoms with Crippen molar-refractivity contribution in [3.63, 3.8) is 0 Å². The molecule has 1 unspecified atom stereocenters. The quantitative estimate of drug-likeness (QED) is 0.925. The Morgan fingerprint density at radius 1 is 1.33 bits per heavy atom. The molecule has 3 nitrogen and oxygen atoms in total. The third-order valence-electron chi connectivity index (χ3n) is 5.16. The van der Waals surface area contributed by atoms with Crippen molar-refractivity contribution in [2.75, 3.05) is 21.2 Å². The van der Waals surface area contributed by atoms with Crippen LogP contribution in [0.3, 0.4) is 0 Å². The fourth-order valence-electron chi connectivity index (χ4n) is 3.51. The van der Waals surface area contributed by atoms with Gasteiger partial charge in [-0.25, -0.2) is 4.39 Å². The van der Waals surface area contributed by atoms with Gasteiger partial charge in [0.15, 0.2) is 11.6 Å². The smallest absolute Gasteiger partial charge is 0.169 e. The average Bonchev–Trinajstić information content (AvgIpc) is 2.47. The van der Waals surface area contributed by atoms with Crippen LogP contribution in [-0.4, -0.2) is 31.6 Å². The van der Waals surface area contributed by atoms with Crippen molar-refractivity contribution in [3.05, 3.63) is 29.6 Å². The minimum absolute atomic E-state index is 0.181. The molecule has 1 saturated carbocycles. The normalized spacial score (nSPS) is 27.7. The number of benzene rings is 1. The van der Waals surface area contributed by atoms with Crippen LogP contribution in [0.4, 0.5) is 4.39 Å². The predicted octanol–water partition coefficient (Wildman–Crippen LogP) is 3.34. The van der Waals surface area contributed by atoms with Crippen molar-refractivity contribution in [1.82, 2.24) is 4.90 Å². The third kappa shape index (κ3) is 2.92. The average molecular weight is 294 g/mol. The zero-order valence-electron chi connectivity index (χ0n) is 13.5. The number of likely N-dealkylation sites (N-methyl/N-ethyl adjacent to an activating group) is 1. The van der Waals surface area contributed by atoms with Gasteiger partial charge in [-0.1, -0.05) is 19.1 Å². The molecule has 0 heterocycles. The molecule has 0 spiro atoms. The number of rotatable bonds is 4. The monoisotopic (exact) mass is 294 g/mol. The van der Waals surface area contributed by atoms with E-state index in [1.165, 1.54) is 7.11 Å². The number of hydrogen-bond acceptors (Lipinski definition) is 3. The van der Waals surface area contributed by atoms with E-state index in [2.05, 4.69) is 11.8 Å². The summed E-state index contributed by atoms with van der Waals surface area (Å²) in [4.78, 5) is 2.18. The lowest BCUT2D eigenvalue weighted by Gasteiger charge is -2.48. The number of nitrogens with two attached hydrogens (primary N) is 1. The zero-order chi connectivity index (χ0) is 15.6. The van der Waals surface area contributed by atoms with Gasteiger partial charge in [0, 0.05) is 11.1 Å². The van der Waals surface area contributed by atoms with Gasteiger partial charge in [-0.3, -0.25) is 0 Å². The van der Waals surface area contributed by atoms with Crippen LogP contribution in [0.2, 0.25) is 0 Å². The SMILES string of the molecule is COc1cccc(C(N)C2(N(C)C)CCC(C)CC2)c1F. The fourth-order valence-corrected chi connectivity index (χ4v) is 3.51. The molecule has 0 aromatic heterocycles. The van der Waals surface area contributed by atoms with Crippen LogP contribution in [-0.2, 0) is 0 Å². The highest BCUT2D eigenvalue weighted by Crippen LogP contribution is 2.43. The summed E-state index contributed by atoms with van der Waals surface area (Å²) in [6.07, 6.45) is 4.27. The summed E-state index contributed by atoms with van der Waals surface area (Å²) < 4.78 is 19.7. The van der Waals surface area contributed by atoms with Gasteiger partial charge in [0.2, 0.25) is 0 Å². The van der Waals surface area contributed by atoms with E-state index < -0.39 is 0 Å². The lowest BCUT2D eigenvalue weighted by Crippen LogP contribution is -2.54. The number of ether oxygens (including phenoxy) is 1. The van der Waals surface area contributed by atoms with Crippen molar-refractivity contribution in [1.29, 1.82) is 0 Å². The van der Waals surface area contributed by atoms with Gasteiger partial charge in [-0.15, -0.1) is 0 Å². The molecule has 0 amide bonds. The minimum Gasteiger partial charge on any atom is -0.494 e. The van der Waals surface area contributed by atoms with Crippen LogP contribution in [0.5, 0.6) is 5.75 Å². The summed E-state index contributed by atoms with van der Waals surface area (Å²) >= 11 is 0. The first-order valence-electron chi connectivity index (χ1n) is 7.68. The number of hydrogen-bond donors (Lipinski definition) is 1. The van der Waals surface area contributed by atoms with E-state index in [9.17, 15) is 4.39 Å². The van der Waals surface area contributed by atoms with Crippen molar-refractivity contribution in [2.24, 2.45) is 11.7 Å². The summed E-state index contributed by atoms with van der Waals surface area (Å²) in [6, 6.07) is 4.88. The molecular formula is C17H27FN2O. The number of methoxy groups -OCH3 is 1. The van der Waals surface area contributed by atoms with E-state index in [-0.39, 0.29) is 23.1 Å². The van der Waals surface area contributed by atoms with Crippen LogP contribution in [0.1, 0.15) is 44.2 Å². The van der Waals surface area contributed by atoms with Crippen molar-refractivity contribution in [3.8, 4) is 5.75 Å². The Morgan fingerprint density at radius 2 is 1.95 bits per heavy atom. The highest BCUT2D eigenvalue weighted by Gasteiger charge is 2.43. The summed E-state index contributed by atoms with van der Waals surface area (Å²) in [7, 11) is 5.58. The van der Waals surface area contributed by atoms with Gasteiger partial charge < -0.3 is 15.4 Å². The molecule has 1 atom stereocenters. The second kappa shape index (κ2) is 6.32. The maximum absolute atomic E-state index is 14.6. The van der Waals surface area contributed by atoms with E-state index in [0.717, 1.165) is 31.6 Å². The second-order valence-corrected chi connectivity index (χ2v) is 6.52. The second-order valence-electron chi connectivity index (χ2n) is 6.52. The Balaban J connectivity index is 2.38. The van der Waals surface area contributed by atoms with Gasteiger partial charge >= 0.3 is 0 Å². The van der Waals surface area contributed by atoms with Crippen LogP contribution < -0.4 is 10.5 Å². The summed E-state index contributed by atoms with van der Waals surface area (Å²) in [5.41, 5.74) is 6.91. The molecule has 21 heavy (non-hydrogen) atoms. The van der Waals surface area contributed by atoms with E-state index in [0.29, 0.717) is 5.56 Å². The Hall–Kier alpha value is -1.13. The number of halogens is 1. The molecule has 1 aromatic rings. The van der Waals surface area contributed by atoms with Crippen molar-refractivity contribution in [2.45, 2.75) is 44.2 Å². The van der Waals surface area contributed by atoms with Gasteiger partial charge in [0.25, 0.3) is 0 Å². The van der Waals surface area contributed by atoms with Crippen molar-refractivity contribution < 1.29 is 9.13 Å². The minimum atomic E-state index is -0.352. The zero-order valence-corrected chi connectivity index (χ0v) is 13.5. The Morgan fingerprint density at radius 3 is 2.48 bits per heavy atom. The molecule has 0 aliphatic heterocycles. The molecule has 118 valence electrons. The van der Waals surface area contributed by atoms with Gasteiger partial charge in [0.1, 0.15) is 0 Å². The maximum Gasteiger partial charge on any atom is 0.169 e. The molecular weight excluding hydrogens is 267 g/mol. The highest BCUT2D eigenvalue weighted by atomic mass is 19.1. The van der Waals surface area contributed by atoms with E-state index in [1.807, 2.05) is 20.2 Å². The molecule has 1 aliphatic rings. The third-order valence-corrected chi connectivity index (χ3v) is 5.16. The fraction of sp³-hybridized carbons (Fsp3) is 0.647. The van der Waals surface area contributed by atoms with Crippen LogP contribution in [0, 0.1) is 11.7 Å². The number of nitrogens with zero attached hydrogens (tertiary/aromatic N) is 1. The molecule has 0 radical (unpaired) electrons. The van der Waals surface area contributed by atoms with Crippen LogP contribution in [0.25, 0.3) is 0 Å². The van der Waals surface area contributed by atoms with Crippen molar-refractivity contribution >= 4 is 0 Å². The summed E-state index contributed by atoms with van der Waals surface area (Å²) in [6.45, 7) is 2.28. The summed E-state index contributed by atoms with van der Waals surface area (Å²) in [5.74, 6) is 0.661. The molecule has 1 aromatic carbocycles. The maximum atomic E-state index is 14.6. The standard InChI is InChI=1S/C17H27FN2O/c1-12-8-10-17(11-9-12,20(2)3)16(19)13-6-5-7-14(21-4)15(13)18/h5-7,12,16H,8-11,19H2,1-4H3. The first-order valence-corrected chi connectivity index (χ1v) is 7.68. The van der Waals surface area contributed by atoms with Gasteiger partial charge in [0.05, 0.1) is 13.2 Å². The first-order chi connectivity index (χ1) is 9.92. The first kappa shape index (κ1) is 16.2. The van der Waals surface area contributed by atoms with Crippen LogP contribution >= 0.6 is 0 Å². The topological polar surface area (TPSA) is 38.5 Å². The van der Waals surface area contributed by atoms with Gasteiger partial charge in [-0.05, 0) is 51.8 Å². The van der Waals surface area contributed by atoms with E-state index in [4.69, 9.17) is 10.5 Å². The molecule has 0 saturated heterocycles. The Labute approximate surface area is 127 Å². The molecule has 2 rings (SSSR count). The molecule has 1 aliphatic carbocycles.